The fourth-order valence-corrected chi connectivity index (χ4v) is 2.08. The third-order valence-corrected chi connectivity index (χ3v) is 3.59. The van der Waals surface area contributed by atoms with Crippen molar-refractivity contribution in [1.29, 1.82) is 0 Å². The first-order valence-corrected chi connectivity index (χ1v) is 5.87. The molecule has 2 fully saturated rings. The molecule has 4 heteroatoms. The van der Waals surface area contributed by atoms with Crippen LogP contribution in [-0.2, 0) is 9.53 Å². The molecule has 0 aromatic rings. The first-order chi connectivity index (χ1) is 7.24. The lowest BCUT2D eigenvalue weighted by Gasteiger charge is -2.42. The fraction of sp³-hybridized carbons (Fsp3) is 0.909. The largest absolute Gasteiger partial charge is 0.366 e. The van der Waals surface area contributed by atoms with E-state index in [-0.39, 0.29) is 24.2 Å². The maximum atomic E-state index is 11.6. The lowest BCUT2D eigenvalue weighted by Crippen LogP contribution is -2.55. The average Bonchev–Trinajstić information content (AvgIpc) is 2.09. The number of nitrogens with one attached hydrogen (secondary N) is 2. The monoisotopic (exact) mass is 212 g/mol. The van der Waals surface area contributed by atoms with Crippen molar-refractivity contribution in [3.63, 3.8) is 0 Å². The summed E-state index contributed by atoms with van der Waals surface area (Å²) in [4.78, 5) is 11.6. The van der Waals surface area contributed by atoms with Crippen molar-refractivity contribution < 1.29 is 9.53 Å². The van der Waals surface area contributed by atoms with Gasteiger partial charge in [-0.25, -0.2) is 0 Å². The van der Waals surface area contributed by atoms with Crippen LogP contribution in [-0.4, -0.2) is 37.2 Å². The van der Waals surface area contributed by atoms with Gasteiger partial charge in [0.15, 0.2) is 0 Å². The van der Waals surface area contributed by atoms with Gasteiger partial charge in [0.2, 0.25) is 5.91 Å². The molecule has 2 rings (SSSR count). The van der Waals surface area contributed by atoms with Crippen molar-refractivity contribution in [2.75, 3.05) is 19.7 Å². The van der Waals surface area contributed by atoms with Gasteiger partial charge in [0.1, 0.15) is 6.61 Å². The molecule has 4 nitrogen and oxygen atoms in total. The molecule has 1 amide bonds. The van der Waals surface area contributed by atoms with Crippen molar-refractivity contribution in [2.45, 2.75) is 44.2 Å². The summed E-state index contributed by atoms with van der Waals surface area (Å²) in [5.74, 6) is 0.0449. The molecule has 1 aliphatic carbocycles. The highest BCUT2D eigenvalue weighted by molar-refractivity contribution is 5.78. The highest BCUT2D eigenvalue weighted by Crippen LogP contribution is 2.34. The molecule has 0 atom stereocenters. The SMILES string of the molecule is CCC1(NC(=O)COC2CNC2)CCC1. The molecular formula is C11H20N2O2. The number of amides is 1. The Morgan fingerprint density at radius 2 is 2.27 bits per heavy atom. The Kier molecular flexibility index (Phi) is 3.26. The quantitative estimate of drug-likeness (QED) is 0.694. The minimum absolute atomic E-state index is 0.0449. The molecule has 0 spiro atoms. The van der Waals surface area contributed by atoms with Crippen LogP contribution in [0.1, 0.15) is 32.6 Å². The van der Waals surface area contributed by atoms with Gasteiger partial charge in [-0.05, 0) is 25.7 Å². The molecule has 15 heavy (non-hydrogen) atoms. The van der Waals surface area contributed by atoms with Gasteiger partial charge in [-0.3, -0.25) is 4.79 Å². The lowest BCUT2D eigenvalue weighted by molar-refractivity contribution is -0.131. The summed E-state index contributed by atoms with van der Waals surface area (Å²) in [7, 11) is 0. The highest BCUT2D eigenvalue weighted by atomic mass is 16.5. The standard InChI is InChI=1S/C11H20N2O2/c1-2-11(4-3-5-11)13-10(14)8-15-9-6-12-7-9/h9,12H,2-8H2,1H3,(H,13,14). The van der Waals surface area contributed by atoms with Crippen molar-refractivity contribution >= 4 is 5.91 Å². The predicted molar refractivity (Wildman–Crippen MR) is 57.6 cm³/mol. The zero-order valence-corrected chi connectivity index (χ0v) is 9.34. The second kappa shape index (κ2) is 4.49. The van der Waals surface area contributed by atoms with Crippen LogP contribution in [0.2, 0.25) is 0 Å². The smallest absolute Gasteiger partial charge is 0.246 e. The van der Waals surface area contributed by atoms with Crippen molar-refractivity contribution in [3.05, 3.63) is 0 Å². The molecule has 0 bridgehead atoms. The van der Waals surface area contributed by atoms with Crippen LogP contribution in [0, 0.1) is 0 Å². The summed E-state index contributed by atoms with van der Waals surface area (Å²) >= 11 is 0. The molecule has 2 N–H and O–H groups in total. The Hall–Kier alpha value is -0.610. The molecule has 2 aliphatic rings. The van der Waals surface area contributed by atoms with Crippen molar-refractivity contribution in [1.82, 2.24) is 10.6 Å². The van der Waals surface area contributed by atoms with E-state index in [1.54, 1.807) is 0 Å². The summed E-state index contributed by atoms with van der Waals surface area (Å²) in [5.41, 5.74) is 0.0955. The minimum Gasteiger partial charge on any atom is -0.366 e. The zero-order valence-electron chi connectivity index (χ0n) is 9.34. The van der Waals surface area contributed by atoms with Gasteiger partial charge >= 0.3 is 0 Å². The molecule has 86 valence electrons. The van der Waals surface area contributed by atoms with Gasteiger partial charge in [-0.1, -0.05) is 6.92 Å². The van der Waals surface area contributed by atoms with Crippen LogP contribution in [0.25, 0.3) is 0 Å². The third-order valence-electron chi connectivity index (χ3n) is 3.59. The Morgan fingerprint density at radius 3 is 2.67 bits per heavy atom. The number of hydrogen-bond acceptors (Lipinski definition) is 3. The second-order valence-electron chi connectivity index (χ2n) is 4.63. The van der Waals surface area contributed by atoms with Gasteiger partial charge in [0.05, 0.1) is 6.10 Å². The second-order valence-corrected chi connectivity index (χ2v) is 4.63. The number of carbonyl (C=O) groups is 1. The molecule has 0 unspecified atom stereocenters. The van der Waals surface area contributed by atoms with Gasteiger partial charge in [-0.2, -0.15) is 0 Å². The number of carbonyl (C=O) groups excluding carboxylic acids is 1. The molecule has 0 aromatic carbocycles. The molecule has 1 saturated heterocycles. The normalized spacial score (nSPS) is 24.1. The van der Waals surface area contributed by atoms with Gasteiger partial charge in [0.25, 0.3) is 0 Å². The Bertz CT molecular complexity index is 229. The predicted octanol–water partition coefficient (Wildman–Crippen LogP) is 0.424. The topological polar surface area (TPSA) is 50.4 Å². The van der Waals surface area contributed by atoms with Crippen LogP contribution in [0.15, 0.2) is 0 Å². The molecule has 0 radical (unpaired) electrons. The van der Waals surface area contributed by atoms with Gasteiger partial charge in [-0.15, -0.1) is 0 Å². The molecule has 1 aliphatic heterocycles. The first kappa shape index (κ1) is 10.9. The molecule has 1 saturated carbocycles. The lowest BCUT2D eigenvalue weighted by atomic mass is 9.75. The maximum absolute atomic E-state index is 11.6. The van der Waals surface area contributed by atoms with E-state index < -0.39 is 0 Å². The van der Waals surface area contributed by atoms with E-state index in [2.05, 4.69) is 17.6 Å². The summed E-state index contributed by atoms with van der Waals surface area (Å²) in [5, 5.41) is 6.21. The Balaban J connectivity index is 1.66. The van der Waals surface area contributed by atoms with Crippen LogP contribution >= 0.6 is 0 Å². The summed E-state index contributed by atoms with van der Waals surface area (Å²) in [6.07, 6.45) is 4.76. The van der Waals surface area contributed by atoms with Gasteiger partial charge in [0, 0.05) is 18.6 Å². The Labute approximate surface area is 90.8 Å². The molecule has 1 heterocycles. The van der Waals surface area contributed by atoms with E-state index in [1.165, 1.54) is 6.42 Å². The maximum Gasteiger partial charge on any atom is 0.246 e. The molecular weight excluding hydrogens is 192 g/mol. The van der Waals surface area contributed by atoms with Gasteiger partial charge < -0.3 is 15.4 Å². The first-order valence-electron chi connectivity index (χ1n) is 5.87. The number of ether oxygens (including phenoxy) is 1. The minimum atomic E-state index is 0.0449. The summed E-state index contributed by atoms with van der Waals surface area (Å²) in [6.45, 7) is 4.11. The van der Waals surface area contributed by atoms with Crippen LogP contribution in [0.3, 0.4) is 0 Å². The number of hydrogen-bond donors (Lipinski definition) is 2. The number of rotatable bonds is 5. The van der Waals surface area contributed by atoms with Crippen LogP contribution in [0.4, 0.5) is 0 Å². The third kappa shape index (κ3) is 2.49. The average molecular weight is 212 g/mol. The van der Waals surface area contributed by atoms with Crippen LogP contribution < -0.4 is 10.6 Å². The van der Waals surface area contributed by atoms with E-state index in [4.69, 9.17) is 4.74 Å². The summed E-state index contributed by atoms with van der Waals surface area (Å²) < 4.78 is 5.42. The van der Waals surface area contributed by atoms with Crippen molar-refractivity contribution in [2.24, 2.45) is 0 Å². The van der Waals surface area contributed by atoms with E-state index in [9.17, 15) is 4.79 Å². The molecule has 0 aromatic heterocycles. The van der Waals surface area contributed by atoms with E-state index in [1.807, 2.05) is 0 Å². The fourth-order valence-electron chi connectivity index (χ4n) is 2.08. The van der Waals surface area contributed by atoms with E-state index >= 15 is 0 Å². The highest BCUT2D eigenvalue weighted by Gasteiger charge is 2.36. The summed E-state index contributed by atoms with van der Waals surface area (Å²) in [6, 6.07) is 0. The van der Waals surface area contributed by atoms with Crippen molar-refractivity contribution in [3.8, 4) is 0 Å². The van der Waals surface area contributed by atoms with Crippen LogP contribution in [0.5, 0.6) is 0 Å². The van der Waals surface area contributed by atoms with E-state index in [0.29, 0.717) is 0 Å². The van der Waals surface area contributed by atoms with E-state index in [0.717, 1.165) is 32.4 Å². The zero-order chi connectivity index (χ0) is 10.7. The Morgan fingerprint density at radius 1 is 1.53 bits per heavy atom.